The number of ketones is 1. The molecule has 0 saturated carbocycles. The molecule has 0 radical (unpaired) electrons. The molecule has 0 aliphatic rings. The van der Waals surface area contributed by atoms with Crippen LogP contribution in [0.4, 0.5) is 0 Å². The first-order valence-electron chi connectivity index (χ1n) is 4.98. The van der Waals surface area contributed by atoms with E-state index in [0.717, 1.165) is 17.9 Å². The van der Waals surface area contributed by atoms with E-state index in [2.05, 4.69) is 0 Å². The highest BCUT2D eigenvalue weighted by Crippen LogP contribution is 2.18. The third-order valence-electron chi connectivity index (χ3n) is 1.98. The van der Waals surface area contributed by atoms with Gasteiger partial charge in [-0.25, -0.2) is 0 Å². The summed E-state index contributed by atoms with van der Waals surface area (Å²) in [6, 6.07) is 7.44. The van der Waals surface area contributed by atoms with Gasteiger partial charge < -0.3 is 14.3 Å². The molecule has 15 heavy (non-hydrogen) atoms. The van der Waals surface area contributed by atoms with Crippen LogP contribution < -0.4 is 9.47 Å². The van der Waals surface area contributed by atoms with Crippen LogP contribution in [0.5, 0.6) is 11.5 Å². The third kappa shape index (κ3) is 4.49. The molecule has 1 aromatic carbocycles. The Kier molecular flexibility index (Phi) is 4.68. The molecular formula is C12H16O3. The minimum absolute atomic E-state index is 0.198. The Balaban J connectivity index is 2.33. The van der Waals surface area contributed by atoms with Gasteiger partial charge in [0.1, 0.15) is 17.3 Å². The first-order valence-corrected chi connectivity index (χ1v) is 4.98. The van der Waals surface area contributed by atoms with Crippen molar-refractivity contribution in [2.45, 2.75) is 19.8 Å². The summed E-state index contributed by atoms with van der Waals surface area (Å²) in [4.78, 5) is 10.7. The Labute approximate surface area is 90.0 Å². The van der Waals surface area contributed by atoms with Crippen LogP contribution in [0.15, 0.2) is 24.3 Å². The van der Waals surface area contributed by atoms with Crippen molar-refractivity contribution in [3.63, 3.8) is 0 Å². The van der Waals surface area contributed by atoms with Crippen LogP contribution in [-0.4, -0.2) is 19.5 Å². The van der Waals surface area contributed by atoms with Gasteiger partial charge in [-0.1, -0.05) is 6.07 Å². The Morgan fingerprint density at radius 3 is 2.73 bits per heavy atom. The van der Waals surface area contributed by atoms with Crippen LogP contribution in [0.1, 0.15) is 19.8 Å². The maximum absolute atomic E-state index is 10.7. The number of hydrogen-bond acceptors (Lipinski definition) is 3. The number of ether oxygens (including phenoxy) is 2. The zero-order chi connectivity index (χ0) is 11.1. The smallest absolute Gasteiger partial charge is 0.129 e. The molecule has 1 rings (SSSR count). The molecule has 0 aliphatic heterocycles. The van der Waals surface area contributed by atoms with Crippen LogP contribution in [-0.2, 0) is 4.79 Å². The Morgan fingerprint density at radius 2 is 2.07 bits per heavy atom. The van der Waals surface area contributed by atoms with Gasteiger partial charge >= 0.3 is 0 Å². The van der Waals surface area contributed by atoms with Gasteiger partial charge in [-0.15, -0.1) is 0 Å². The summed E-state index contributed by atoms with van der Waals surface area (Å²) in [6.07, 6.45) is 1.33. The number of carbonyl (C=O) groups is 1. The summed E-state index contributed by atoms with van der Waals surface area (Å²) in [5.41, 5.74) is 0. The van der Waals surface area contributed by atoms with E-state index in [1.165, 1.54) is 0 Å². The lowest BCUT2D eigenvalue weighted by molar-refractivity contribution is -0.117. The largest absolute Gasteiger partial charge is 0.497 e. The minimum atomic E-state index is 0.198. The van der Waals surface area contributed by atoms with Crippen LogP contribution in [0, 0.1) is 0 Å². The number of rotatable bonds is 6. The Bertz CT molecular complexity index is 320. The molecule has 82 valence electrons. The highest BCUT2D eigenvalue weighted by Gasteiger charge is 1.97. The average Bonchev–Trinajstić information content (AvgIpc) is 2.24. The molecule has 3 heteroatoms. The van der Waals surface area contributed by atoms with Gasteiger partial charge in [-0.05, 0) is 25.5 Å². The van der Waals surface area contributed by atoms with Gasteiger partial charge in [0, 0.05) is 12.5 Å². The van der Waals surface area contributed by atoms with Gasteiger partial charge in [0.25, 0.3) is 0 Å². The lowest BCUT2D eigenvalue weighted by Crippen LogP contribution is -2.00. The fourth-order valence-electron chi connectivity index (χ4n) is 1.20. The van der Waals surface area contributed by atoms with E-state index in [0.29, 0.717) is 13.0 Å². The fraction of sp³-hybridized carbons (Fsp3) is 0.417. The van der Waals surface area contributed by atoms with Crippen LogP contribution in [0.3, 0.4) is 0 Å². The summed E-state index contributed by atoms with van der Waals surface area (Å²) in [5.74, 6) is 1.75. The predicted molar refractivity (Wildman–Crippen MR) is 58.4 cm³/mol. The molecule has 0 fully saturated rings. The van der Waals surface area contributed by atoms with Crippen molar-refractivity contribution in [1.82, 2.24) is 0 Å². The molecular weight excluding hydrogens is 192 g/mol. The second kappa shape index (κ2) is 6.06. The molecule has 0 bridgehead atoms. The van der Waals surface area contributed by atoms with Gasteiger partial charge in [0.05, 0.1) is 13.7 Å². The topological polar surface area (TPSA) is 35.5 Å². The van der Waals surface area contributed by atoms with Crippen molar-refractivity contribution < 1.29 is 14.3 Å². The summed E-state index contributed by atoms with van der Waals surface area (Å²) < 4.78 is 10.5. The Hall–Kier alpha value is -1.51. The predicted octanol–water partition coefficient (Wildman–Crippen LogP) is 2.44. The quantitative estimate of drug-likeness (QED) is 0.673. The number of hydrogen-bond donors (Lipinski definition) is 0. The lowest BCUT2D eigenvalue weighted by atomic mass is 10.2. The molecule has 3 nitrogen and oxygen atoms in total. The van der Waals surface area contributed by atoms with Crippen molar-refractivity contribution in [2.75, 3.05) is 13.7 Å². The molecule has 0 spiro atoms. The molecule has 0 saturated heterocycles. The molecule has 0 aromatic heterocycles. The SMILES string of the molecule is COc1cccc(OCCCC(C)=O)c1. The van der Waals surface area contributed by atoms with Gasteiger partial charge in [-0.3, -0.25) is 0 Å². The second-order valence-corrected chi connectivity index (χ2v) is 3.33. The van der Waals surface area contributed by atoms with Crippen LogP contribution in [0.2, 0.25) is 0 Å². The van der Waals surface area contributed by atoms with Gasteiger partial charge in [0.15, 0.2) is 0 Å². The standard InChI is InChI=1S/C12H16O3/c1-10(13)5-4-8-15-12-7-3-6-11(9-12)14-2/h3,6-7,9H,4-5,8H2,1-2H3. The first-order chi connectivity index (χ1) is 7.22. The average molecular weight is 208 g/mol. The van der Waals surface area contributed by atoms with E-state index in [1.807, 2.05) is 24.3 Å². The zero-order valence-electron chi connectivity index (χ0n) is 9.16. The lowest BCUT2D eigenvalue weighted by Gasteiger charge is -2.06. The van der Waals surface area contributed by atoms with E-state index in [1.54, 1.807) is 14.0 Å². The third-order valence-corrected chi connectivity index (χ3v) is 1.98. The van der Waals surface area contributed by atoms with Crippen molar-refractivity contribution in [3.8, 4) is 11.5 Å². The summed E-state index contributed by atoms with van der Waals surface area (Å²) in [6.45, 7) is 2.15. The van der Waals surface area contributed by atoms with E-state index in [-0.39, 0.29) is 5.78 Å². The maximum Gasteiger partial charge on any atom is 0.129 e. The van der Waals surface area contributed by atoms with Gasteiger partial charge in [-0.2, -0.15) is 0 Å². The van der Waals surface area contributed by atoms with E-state index in [4.69, 9.17) is 9.47 Å². The zero-order valence-corrected chi connectivity index (χ0v) is 9.16. The van der Waals surface area contributed by atoms with Crippen molar-refractivity contribution in [3.05, 3.63) is 24.3 Å². The van der Waals surface area contributed by atoms with Crippen molar-refractivity contribution in [1.29, 1.82) is 0 Å². The Morgan fingerprint density at radius 1 is 1.33 bits per heavy atom. The summed E-state index contributed by atoms with van der Waals surface area (Å²) in [5, 5.41) is 0. The highest BCUT2D eigenvalue weighted by atomic mass is 16.5. The maximum atomic E-state index is 10.7. The fourth-order valence-corrected chi connectivity index (χ4v) is 1.20. The monoisotopic (exact) mass is 208 g/mol. The number of carbonyl (C=O) groups excluding carboxylic acids is 1. The normalized spacial score (nSPS) is 9.73. The molecule has 1 aromatic rings. The van der Waals surface area contributed by atoms with Crippen LogP contribution >= 0.6 is 0 Å². The molecule has 0 amide bonds. The number of Topliss-reactive ketones (excluding diaryl/α,β-unsaturated/α-hetero) is 1. The van der Waals surface area contributed by atoms with Crippen molar-refractivity contribution in [2.24, 2.45) is 0 Å². The van der Waals surface area contributed by atoms with E-state index < -0.39 is 0 Å². The van der Waals surface area contributed by atoms with E-state index >= 15 is 0 Å². The second-order valence-electron chi connectivity index (χ2n) is 3.33. The number of methoxy groups -OCH3 is 1. The van der Waals surface area contributed by atoms with Crippen molar-refractivity contribution >= 4 is 5.78 Å². The highest BCUT2D eigenvalue weighted by molar-refractivity contribution is 5.75. The minimum Gasteiger partial charge on any atom is -0.497 e. The first kappa shape index (κ1) is 11.6. The van der Waals surface area contributed by atoms with E-state index in [9.17, 15) is 4.79 Å². The molecule has 0 unspecified atom stereocenters. The molecule has 0 atom stereocenters. The number of benzene rings is 1. The summed E-state index contributed by atoms with van der Waals surface area (Å²) >= 11 is 0. The summed E-state index contributed by atoms with van der Waals surface area (Å²) in [7, 11) is 1.62. The molecule has 0 aliphatic carbocycles. The van der Waals surface area contributed by atoms with Gasteiger partial charge in [0.2, 0.25) is 0 Å². The molecule has 0 heterocycles. The molecule has 0 N–H and O–H groups in total. The van der Waals surface area contributed by atoms with Crippen LogP contribution in [0.25, 0.3) is 0 Å².